The minimum absolute atomic E-state index is 0.00652. The van der Waals surface area contributed by atoms with Crippen LogP contribution in [0.3, 0.4) is 0 Å². The maximum absolute atomic E-state index is 10.7. The Labute approximate surface area is 69.8 Å². The molecule has 3 nitrogen and oxygen atoms in total. The fourth-order valence-corrected chi connectivity index (χ4v) is 1.58. The summed E-state index contributed by atoms with van der Waals surface area (Å²) in [6, 6.07) is 1.63. The fourth-order valence-electron chi connectivity index (χ4n) is 0.907. The van der Waals surface area contributed by atoms with Crippen molar-refractivity contribution in [1.82, 2.24) is 4.37 Å². The van der Waals surface area contributed by atoms with Crippen LogP contribution in [-0.2, 0) is 0 Å². The van der Waals surface area contributed by atoms with E-state index in [9.17, 15) is 4.79 Å². The predicted molar refractivity (Wildman–Crippen MR) is 48.5 cm³/mol. The molecule has 4 heteroatoms. The molecular weight excluding hydrogens is 160 g/mol. The van der Waals surface area contributed by atoms with E-state index < -0.39 is 0 Å². The quantitative estimate of drug-likeness (QED) is 0.745. The molecule has 0 fully saturated rings. The Bertz CT molecular complexity index is 265. The van der Waals surface area contributed by atoms with Gasteiger partial charge in [0.25, 0.3) is 5.56 Å². The molecule has 0 bridgehead atoms. The van der Waals surface area contributed by atoms with Crippen molar-refractivity contribution in [1.29, 1.82) is 0 Å². The van der Waals surface area contributed by atoms with E-state index in [1.165, 1.54) is 11.5 Å². The van der Waals surface area contributed by atoms with Gasteiger partial charge in [0, 0.05) is 19.7 Å². The molecule has 0 aliphatic carbocycles. The molecule has 62 valence electrons. The third-order valence-electron chi connectivity index (χ3n) is 1.45. The van der Waals surface area contributed by atoms with Gasteiger partial charge in [-0.05, 0) is 18.0 Å². The monoisotopic (exact) mass is 172 g/mol. The van der Waals surface area contributed by atoms with Crippen molar-refractivity contribution in [3.63, 3.8) is 0 Å². The van der Waals surface area contributed by atoms with E-state index >= 15 is 0 Å². The van der Waals surface area contributed by atoms with E-state index in [0.29, 0.717) is 0 Å². The number of anilines is 1. The second-order valence-corrected chi connectivity index (χ2v) is 3.30. The van der Waals surface area contributed by atoms with Crippen LogP contribution in [0.5, 0.6) is 0 Å². The standard InChI is InChI=1S/C7H12N2OS/c1-3-4-9(2)7-5-6(10)8-11-7/h5H,3-4H2,1-2H3,(H,8,10). The zero-order valence-electron chi connectivity index (χ0n) is 6.76. The molecule has 0 aliphatic heterocycles. The summed E-state index contributed by atoms with van der Waals surface area (Å²) in [5.41, 5.74) is -0.00652. The molecule has 0 radical (unpaired) electrons. The first-order chi connectivity index (χ1) is 5.24. The van der Waals surface area contributed by atoms with E-state index in [-0.39, 0.29) is 5.56 Å². The minimum Gasteiger partial charge on any atom is -0.365 e. The van der Waals surface area contributed by atoms with Crippen molar-refractivity contribution < 1.29 is 0 Å². The summed E-state index contributed by atoms with van der Waals surface area (Å²) in [7, 11) is 1.99. The van der Waals surface area contributed by atoms with Gasteiger partial charge in [0.15, 0.2) is 0 Å². The Hall–Kier alpha value is -0.770. The third-order valence-corrected chi connectivity index (χ3v) is 2.39. The lowest BCUT2D eigenvalue weighted by molar-refractivity contribution is 0.859. The first-order valence-electron chi connectivity index (χ1n) is 3.63. The van der Waals surface area contributed by atoms with Gasteiger partial charge in [0.1, 0.15) is 5.00 Å². The minimum atomic E-state index is -0.00652. The molecule has 0 unspecified atom stereocenters. The summed E-state index contributed by atoms with van der Waals surface area (Å²) >= 11 is 1.39. The lowest BCUT2D eigenvalue weighted by Crippen LogP contribution is -2.16. The lowest BCUT2D eigenvalue weighted by Gasteiger charge is -2.13. The summed E-state index contributed by atoms with van der Waals surface area (Å²) in [4.78, 5) is 12.8. The van der Waals surface area contributed by atoms with Gasteiger partial charge >= 0.3 is 0 Å². The molecular formula is C7H12N2OS. The Morgan fingerprint density at radius 3 is 2.91 bits per heavy atom. The fraction of sp³-hybridized carbons (Fsp3) is 0.571. The molecule has 1 rings (SSSR count). The maximum Gasteiger partial charge on any atom is 0.260 e. The molecule has 1 N–H and O–H groups in total. The van der Waals surface area contributed by atoms with Crippen molar-refractivity contribution in [2.24, 2.45) is 0 Å². The normalized spacial score (nSPS) is 10.0. The second kappa shape index (κ2) is 3.57. The van der Waals surface area contributed by atoms with Crippen LogP contribution >= 0.6 is 11.5 Å². The number of aromatic nitrogens is 1. The van der Waals surface area contributed by atoms with Crippen LogP contribution in [0.4, 0.5) is 5.00 Å². The summed E-state index contributed by atoms with van der Waals surface area (Å²) < 4.78 is 2.65. The molecule has 0 amide bonds. The highest BCUT2D eigenvalue weighted by Crippen LogP contribution is 2.13. The Balaban J connectivity index is 2.68. The molecule has 0 aromatic carbocycles. The van der Waals surface area contributed by atoms with Crippen LogP contribution in [0.25, 0.3) is 0 Å². The molecule has 0 saturated carbocycles. The van der Waals surface area contributed by atoms with Crippen LogP contribution in [0, 0.1) is 0 Å². The highest BCUT2D eigenvalue weighted by atomic mass is 32.1. The topological polar surface area (TPSA) is 36.1 Å². The number of hydrogen-bond acceptors (Lipinski definition) is 3. The van der Waals surface area contributed by atoms with Gasteiger partial charge in [-0.25, -0.2) is 0 Å². The first-order valence-corrected chi connectivity index (χ1v) is 4.45. The van der Waals surface area contributed by atoms with Crippen LogP contribution in [0.2, 0.25) is 0 Å². The number of aromatic amines is 1. The van der Waals surface area contributed by atoms with Gasteiger partial charge in [0.05, 0.1) is 0 Å². The second-order valence-electron chi connectivity index (χ2n) is 2.47. The first kappa shape index (κ1) is 8.33. The summed E-state index contributed by atoms with van der Waals surface area (Å²) in [5, 5.41) is 1.01. The molecule has 11 heavy (non-hydrogen) atoms. The lowest BCUT2D eigenvalue weighted by atomic mass is 10.4. The van der Waals surface area contributed by atoms with Gasteiger partial charge in [0.2, 0.25) is 0 Å². The van der Waals surface area contributed by atoms with Gasteiger partial charge in [-0.2, -0.15) is 0 Å². The maximum atomic E-state index is 10.7. The zero-order chi connectivity index (χ0) is 8.27. The Kier molecular flexibility index (Phi) is 2.70. The van der Waals surface area contributed by atoms with E-state index in [1.54, 1.807) is 6.07 Å². The van der Waals surface area contributed by atoms with Gasteiger partial charge in [-0.3, -0.25) is 9.17 Å². The predicted octanol–water partition coefficient (Wildman–Crippen LogP) is 1.28. The number of hydrogen-bond donors (Lipinski definition) is 1. The van der Waals surface area contributed by atoms with Crippen LogP contribution in [0.1, 0.15) is 13.3 Å². The Morgan fingerprint density at radius 1 is 1.73 bits per heavy atom. The third kappa shape index (κ3) is 2.08. The van der Waals surface area contributed by atoms with Gasteiger partial charge in [-0.1, -0.05) is 6.92 Å². The van der Waals surface area contributed by atoms with Crippen molar-refractivity contribution in [3.05, 3.63) is 16.4 Å². The van der Waals surface area contributed by atoms with E-state index in [0.717, 1.165) is 18.0 Å². The van der Waals surface area contributed by atoms with E-state index in [2.05, 4.69) is 16.2 Å². The van der Waals surface area contributed by atoms with Crippen LogP contribution in [0.15, 0.2) is 10.9 Å². The highest BCUT2D eigenvalue weighted by molar-refractivity contribution is 7.10. The molecule has 0 aliphatic rings. The number of nitrogens with zero attached hydrogens (tertiary/aromatic N) is 1. The summed E-state index contributed by atoms with van der Waals surface area (Å²) in [5.74, 6) is 0. The molecule has 0 atom stereocenters. The van der Waals surface area contributed by atoms with Crippen molar-refractivity contribution >= 4 is 16.5 Å². The average Bonchev–Trinajstić information content (AvgIpc) is 2.36. The molecule has 1 aromatic heterocycles. The summed E-state index contributed by atoms with van der Waals surface area (Å²) in [6.07, 6.45) is 1.10. The van der Waals surface area contributed by atoms with Gasteiger partial charge in [-0.15, -0.1) is 0 Å². The molecule has 1 heterocycles. The Morgan fingerprint density at radius 2 is 2.45 bits per heavy atom. The highest BCUT2D eigenvalue weighted by Gasteiger charge is 2.01. The van der Waals surface area contributed by atoms with Gasteiger partial charge < -0.3 is 4.90 Å². The average molecular weight is 172 g/mol. The van der Waals surface area contributed by atoms with E-state index in [4.69, 9.17) is 0 Å². The SMILES string of the molecule is CCCN(C)c1cc(=O)[nH]s1. The van der Waals surface area contributed by atoms with Crippen molar-refractivity contribution in [3.8, 4) is 0 Å². The van der Waals surface area contributed by atoms with E-state index in [1.807, 2.05) is 7.05 Å². The largest absolute Gasteiger partial charge is 0.365 e. The zero-order valence-corrected chi connectivity index (χ0v) is 7.57. The number of H-pyrrole nitrogens is 1. The van der Waals surface area contributed by atoms with Crippen LogP contribution in [-0.4, -0.2) is 18.0 Å². The number of nitrogens with one attached hydrogen (secondary N) is 1. The summed E-state index contributed by atoms with van der Waals surface area (Å²) in [6.45, 7) is 3.11. The van der Waals surface area contributed by atoms with Crippen molar-refractivity contribution in [2.75, 3.05) is 18.5 Å². The van der Waals surface area contributed by atoms with Crippen molar-refractivity contribution in [2.45, 2.75) is 13.3 Å². The number of rotatable bonds is 3. The molecule has 0 saturated heterocycles. The molecule has 1 aromatic rings. The van der Waals surface area contributed by atoms with Crippen LogP contribution < -0.4 is 10.5 Å². The molecule has 0 spiro atoms. The smallest absolute Gasteiger partial charge is 0.260 e.